The van der Waals surface area contributed by atoms with Gasteiger partial charge in [0.1, 0.15) is 12.2 Å². The summed E-state index contributed by atoms with van der Waals surface area (Å²) in [6.45, 7) is 10.7. The predicted molar refractivity (Wildman–Crippen MR) is 194 cm³/mol. The molecule has 2 aromatic rings. The summed E-state index contributed by atoms with van der Waals surface area (Å²) in [4.78, 5) is 44.4. The number of carboxylic acids is 1. The van der Waals surface area contributed by atoms with Gasteiger partial charge in [-0.05, 0) is 116 Å². The fourth-order valence-electron chi connectivity index (χ4n) is 11.8. The molecule has 2 aromatic carbocycles. The Balaban J connectivity index is 1.05. The van der Waals surface area contributed by atoms with Crippen LogP contribution in [0.5, 0.6) is 0 Å². The summed E-state index contributed by atoms with van der Waals surface area (Å²) in [7, 11) is 0. The van der Waals surface area contributed by atoms with Crippen LogP contribution in [0.15, 0.2) is 73.3 Å². The summed E-state index contributed by atoms with van der Waals surface area (Å²) in [5.74, 6) is 0.925. The monoisotopic (exact) mass is 697 g/mol. The van der Waals surface area contributed by atoms with Gasteiger partial charge in [0.15, 0.2) is 6.10 Å². The summed E-state index contributed by atoms with van der Waals surface area (Å²) in [6, 6.07) is 20.0. The summed E-state index contributed by atoms with van der Waals surface area (Å²) in [6.07, 6.45) is 9.36. The van der Waals surface area contributed by atoms with E-state index in [1.165, 1.54) is 6.08 Å². The Morgan fingerprint density at radius 2 is 1.67 bits per heavy atom. The predicted octanol–water partition coefficient (Wildman–Crippen LogP) is 8.72. The fourth-order valence-corrected chi connectivity index (χ4v) is 11.8. The normalized spacial score (nSPS) is 37.7. The van der Waals surface area contributed by atoms with E-state index in [0.717, 1.165) is 62.6 Å². The molecule has 1 aliphatic heterocycles. The SMILES string of the molecule is C=CC(=O)O[C@H]1C[C@H]2[C@@H](CC[C@@H]3C[C@H](OC(=O)[C@@H]4C[C@@H](c5ccccc5)N(c5ccccc5)O4)CC[C@@]32C)[C@@H]2CC[C@H]([C@H](C)CCC(=O)O)[C@@]12C. The maximum absolute atomic E-state index is 13.8. The van der Waals surface area contributed by atoms with Crippen molar-refractivity contribution < 1.29 is 33.8 Å². The molecule has 4 saturated carbocycles. The highest BCUT2D eigenvalue weighted by Gasteiger charge is 2.65. The molecular weight excluding hydrogens is 642 g/mol. The number of fused-ring (bicyclic) bond motifs is 5. The highest BCUT2D eigenvalue weighted by molar-refractivity contribution is 5.81. The van der Waals surface area contributed by atoms with Gasteiger partial charge in [-0.3, -0.25) is 9.63 Å². The molecular formula is C43H55NO7. The number of esters is 2. The van der Waals surface area contributed by atoms with E-state index in [-0.39, 0.29) is 53.4 Å². The van der Waals surface area contributed by atoms with E-state index in [4.69, 9.17) is 14.3 Å². The molecule has 0 amide bonds. The molecule has 4 aliphatic carbocycles. The lowest BCUT2D eigenvalue weighted by Gasteiger charge is -2.62. The second kappa shape index (κ2) is 14.4. The average molecular weight is 698 g/mol. The van der Waals surface area contributed by atoms with E-state index >= 15 is 0 Å². The van der Waals surface area contributed by atoms with Gasteiger partial charge < -0.3 is 14.6 Å². The molecule has 1 saturated heterocycles. The molecule has 1 heterocycles. The Morgan fingerprint density at radius 1 is 0.941 bits per heavy atom. The maximum Gasteiger partial charge on any atom is 0.338 e. The number of nitrogens with zero attached hydrogens (tertiary/aromatic N) is 1. The zero-order valence-corrected chi connectivity index (χ0v) is 30.5. The first-order chi connectivity index (χ1) is 24.5. The Hall–Kier alpha value is -3.65. The van der Waals surface area contributed by atoms with Crippen LogP contribution in [0.2, 0.25) is 0 Å². The lowest BCUT2D eigenvalue weighted by molar-refractivity contribution is -0.197. The van der Waals surface area contributed by atoms with Crippen LogP contribution in [0.4, 0.5) is 5.69 Å². The molecule has 51 heavy (non-hydrogen) atoms. The molecule has 0 aromatic heterocycles. The van der Waals surface area contributed by atoms with Crippen molar-refractivity contribution in [2.24, 2.45) is 46.3 Å². The van der Waals surface area contributed by atoms with Crippen molar-refractivity contribution in [3.8, 4) is 0 Å². The second-order valence-corrected chi connectivity index (χ2v) is 16.7. The zero-order valence-electron chi connectivity index (χ0n) is 30.5. The molecule has 0 bridgehead atoms. The number of carbonyl (C=O) groups is 3. The average Bonchev–Trinajstić information content (AvgIpc) is 3.75. The lowest BCUT2D eigenvalue weighted by atomic mass is 9.43. The lowest BCUT2D eigenvalue weighted by Crippen LogP contribution is -2.59. The molecule has 5 fully saturated rings. The van der Waals surface area contributed by atoms with E-state index in [2.05, 4.69) is 39.5 Å². The van der Waals surface area contributed by atoms with E-state index in [1.54, 1.807) is 0 Å². The van der Waals surface area contributed by atoms with E-state index < -0.39 is 12.1 Å². The number of carboxylic acid groups (broad SMARTS) is 1. The number of benzene rings is 2. The molecule has 274 valence electrons. The minimum absolute atomic E-state index is 0.0609. The number of rotatable bonds is 10. The first-order valence-electron chi connectivity index (χ1n) is 19.3. The van der Waals surface area contributed by atoms with Crippen LogP contribution in [-0.2, 0) is 28.7 Å². The molecule has 8 nitrogen and oxygen atoms in total. The van der Waals surface area contributed by atoms with Crippen LogP contribution in [0.1, 0.15) is 103 Å². The standard InChI is InChI=1S/C43H55NO7/c1-5-40(47)50-38-25-35-32(34-20-19-33(43(34,38)4)27(2)16-21-39(45)46)18-17-29-24-31(22-23-42(29,35)3)49-41(48)37-26-36(28-12-8-6-9-13-28)44(51-37)30-14-10-7-11-15-30/h5-15,27,29,31-38H,1,16-26H2,2-4H3,(H,45,46)/t27-,29-,31-,32+,33-,34+,35+,36+,37+,38+,42+,43-/m1/s1. The molecule has 12 atom stereocenters. The van der Waals surface area contributed by atoms with E-state index in [1.807, 2.05) is 53.6 Å². The first-order valence-corrected chi connectivity index (χ1v) is 19.3. The van der Waals surface area contributed by atoms with Gasteiger partial charge in [-0.15, -0.1) is 0 Å². The third kappa shape index (κ3) is 6.62. The first kappa shape index (κ1) is 35.7. The summed E-state index contributed by atoms with van der Waals surface area (Å²) in [5, 5.41) is 11.3. The molecule has 7 rings (SSSR count). The minimum atomic E-state index is -0.756. The highest BCUT2D eigenvalue weighted by Crippen LogP contribution is 2.69. The van der Waals surface area contributed by atoms with Gasteiger partial charge in [0, 0.05) is 24.3 Å². The Morgan fingerprint density at radius 3 is 2.37 bits per heavy atom. The van der Waals surface area contributed by atoms with Crippen LogP contribution in [-0.4, -0.2) is 41.3 Å². The van der Waals surface area contributed by atoms with Crippen molar-refractivity contribution in [1.29, 1.82) is 0 Å². The van der Waals surface area contributed by atoms with Gasteiger partial charge in [-0.25, -0.2) is 14.7 Å². The minimum Gasteiger partial charge on any atom is -0.481 e. The van der Waals surface area contributed by atoms with Crippen molar-refractivity contribution >= 4 is 23.6 Å². The fraction of sp³-hybridized carbons (Fsp3) is 0.605. The Kier molecular flexibility index (Phi) is 10.1. The quantitative estimate of drug-likeness (QED) is 0.194. The number of para-hydroxylation sites is 1. The summed E-state index contributed by atoms with van der Waals surface area (Å²) >= 11 is 0. The number of ether oxygens (including phenoxy) is 2. The number of hydrogen-bond acceptors (Lipinski definition) is 7. The topological polar surface area (TPSA) is 102 Å². The van der Waals surface area contributed by atoms with E-state index in [9.17, 15) is 19.5 Å². The number of aliphatic carboxylic acids is 1. The van der Waals surface area contributed by atoms with Crippen molar-refractivity contribution in [2.45, 2.75) is 116 Å². The largest absolute Gasteiger partial charge is 0.481 e. The van der Waals surface area contributed by atoms with Crippen LogP contribution >= 0.6 is 0 Å². The van der Waals surface area contributed by atoms with Gasteiger partial charge in [0.25, 0.3) is 0 Å². The van der Waals surface area contributed by atoms with Crippen molar-refractivity contribution in [2.75, 3.05) is 5.06 Å². The van der Waals surface area contributed by atoms with E-state index in [0.29, 0.717) is 42.4 Å². The molecule has 0 radical (unpaired) electrons. The van der Waals surface area contributed by atoms with Crippen LogP contribution in [0.3, 0.4) is 0 Å². The Labute approximate surface area is 302 Å². The van der Waals surface area contributed by atoms with Crippen LogP contribution < -0.4 is 5.06 Å². The molecule has 0 spiro atoms. The van der Waals surface area contributed by atoms with Gasteiger partial charge in [0.05, 0.1) is 11.7 Å². The third-order valence-corrected chi connectivity index (χ3v) is 14.4. The molecule has 8 heteroatoms. The van der Waals surface area contributed by atoms with Gasteiger partial charge in [-0.1, -0.05) is 75.9 Å². The molecule has 5 aliphatic rings. The zero-order chi connectivity index (χ0) is 35.9. The van der Waals surface area contributed by atoms with Crippen molar-refractivity contribution in [3.63, 3.8) is 0 Å². The Bertz CT molecular complexity index is 1530. The maximum atomic E-state index is 13.8. The number of hydrogen-bond donors (Lipinski definition) is 1. The van der Waals surface area contributed by atoms with Gasteiger partial charge >= 0.3 is 17.9 Å². The van der Waals surface area contributed by atoms with Crippen LogP contribution in [0.25, 0.3) is 0 Å². The number of anilines is 1. The summed E-state index contributed by atoms with van der Waals surface area (Å²) < 4.78 is 12.6. The smallest absolute Gasteiger partial charge is 0.338 e. The second-order valence-electron chi connectivity index (χ2n) is 16.7. The number of hydroxylamine groups is 1. The highest BCUT2D eigenvalue weighted by atomic mass is 16.7. The van der Waals surface area contributed by atoms with Crippen molar-refractivity contribution in [1.82, 2.24) is 0 Å². The summed E-state index contributed by atoms with van der Waals surface area (Å²) in [5.41, 5.74) is 1.88. The third-order valence-electron chi connectivity index (χ3n) is 14.4. The van der Waals surface area contributed by atoms with Crippen LogP contribution in [0, 0.1) is 46.3 Å². The number of carbonyl (C=O) groups excluding carboxylic acids is 2. The molecule has 1 N–H and O–H groups in total. The van der Waals surface area contributed by atoms with Gasteiger partial charge in [0.2, 0.25) is 0 Å². The van der Waals surface area contributed by atoms with Gasteiger partial charge in [-0.2, -0.15) is 0 Å². The molecule has 0 unspecified atom stereocenters. The van der Waals surface area contributed by atoms with Crippen molar-refractivity contribution in [3.05, 3.63) is 78.9 Å².